The van der Waals surface area contributed by atoms with Crippen molar-refractivity contribution in [3.63, 3.8) is 0 Å². The van der Waals surface area contributed by atoms with Gasteiger partial charge in [-0.05, 0) is 48.6 Å². The molecule has 1 heterocycles. The van der Waals surface area contributed by atoms with Gasteiger partial charge in [0.1, 0.15) is 0 Å². The molecule has 0 fully saturated rings. The van der Waals surface area contributed by atoms with Gasteiger partial charge in [0.2, 0.25) is 0 Å². The van der Waals surface area contributed by atoms with Gasteiger partial charge in [0.25, 0.3) is 6.43 Å². The first kappa shape index (κ1) is 11.0. The number of hydrogen-bond donors (Lipinski definition) is 1. The molecule has 1 aromatic rings. The van der Waals surface area contributed by atoms with Crippen LogP contribution in [-0.2, 0) is 19.3 Å². The molecule has 84 valence electrons. The third-order valence-corrected chi connectivity index (χ3v) is 4.06. The Morgan fingerprint density at radius 2 is 2.07 bits per heavy atom. The third-order valence-electron chi connectivity index (χ3n) is 2.93. The molecule has 0 saturated carbocycles. The lowest BCUT2D eigenvalue weighted by Gasteiger charge is -2.15. The summed E-state index contributed by atoms with van der Waals surface area (Å²) in [6.45, 7) is 0. The first-order valence-corrected chi connectivity index (χ1v) is 6.18. The summed E-state index contributed by atoms with van der Waals surface area (Å²) >= 11 is 1.71. The Balaban J connectivity index is 2.11. The van der Waals surface area contributed by atoms with Crippen LogP contribution in [0.4, 0.5) is 8.78 Å². The van der Waals surface area contributed by atoms with E-state index in [0.717, 1.165) is 18.4 Å². The molecule has 0 radical (unpaired) electrons. The maximum Gasteiger partial charge on any atom is 0.253 e. The van der Waals surface area contributed by atoms with Crippen LogP contribution in [0.25, 0.3) is 0 Å². The molecule has 15 heavy (non-hydrogen) atoms. The van der Waals surface area contributed by atoms with Gasteiger partial charge in [0.05, 0.1) is 6.04 Å². The van der Waals surface area contributed by atoms with Gasteiger partial charge >= 0.3 is 0 Å². The zero-order valence-corrected chi connectivity index (χ0v) is 9.33. The zero-order valence-electron chi connectivity index (χ0n) is 8.51. The number of alkyl halides is 2. The summed E-state index contributed by atoms with van der Waals surface area (Å²) in [5.74, 6) is 0. The minimum atomic E-state index is -2.41. The topological polar surface area (TPSA) is 26.0 Å². The fourth-order valence-corrected chi connectivity index (χ4v) is 3.24. The Labute approximate surface area is 92.3 Å². The highest BCUT2D eigenvalue weighted by atomic mass is 32.1. The van der Waals surface area contributed by atoms with E-state index in [-0.39, 0.29) is 0 Å². The molecule has 1 aromatic heterocycles. The summed E-state index contributed by atoms with van der Waals surface area (Å²) < 4.78 is 24.7. The van der Waals surface area contributed by atoms with Crippen LogP contribution in [0.2, 0.25) is 0 Å². The van der Waals surface area contributed by atoms with Gasteiger partial charge in [0.15, 0.2) is 0 Å². The molecule has 0 saturated heterocycles. The number of nitrogens with two attached hydrogens (primary N) is 1. The number of hydrogen-bond acceptors (Lipinski definition) is 2. The van der Waals surface area contributed by atoms with Gasteiger partial charge in [-0.3, -0.25) is 0 Å². The lowest BCUT2D eigenvalue weighted by atomic mass is 9.93. The molecule has 0 aromatic carbocycles. The fourth-order valence-electron chi connectivity index (χ4n) is 2.08. The van der Waals surface area contributed by atoms with Crippen LogP contribution in [0.5, 0.6) is 0 Å². The zero-order chi connectivity index (χ0) is 10.8. The van der Waals surface area contributed by atoms with Gasteiger partial charge in [-0.25, -0.2) is 8.78 Å². The van der Waals surface area contributed by atoms with Crippen molar-refractivity contribution in [1.82, 2.24) is 0 Å². The van der Waals surface area contributed by atoms with Crippen LogP contribution in [0.1, 0.15) is 28.8 Å². The molecule has 0 bridgehead atoms. The Morgan fingerprint density at radius 3 is 2.80 bits per heavy atom. The highest BCUT2D eigenvalue weighted by Gasteiger charge is 2.21. The van der Waals surface area contributed by atoms with E-state index >= 15 is 0 Å². The highest BCUT2D eigenvalue weighted by molar-refractivity contribution is 7.10. The van der Waals surface area contributed by atoms with Crippen LogP contribution in [0.3, 0.4) is 0 Å². The van der Waals surface area contributed by atoms with E-state index in [4.69, 9.17) is 5.73 Å². The summed E-state index contributed by atoms with van der Waals surface area (Å²) in [5.41, 5.74) is 7.76. The Kier molecular flexibility index (Phi) is 3.36. The highest BCUT2D eigenvalue weighted by Crippen LogP contribution is 2.31. The molecular weight excluding hydrogens is 216 g/mol. The smallest absolute Gasteiger partial charge is 0.253 e. The molecule has 2 rings (SSSR count). The monoisotopic (exact) mass is 231 g/mol. The average molecular weight is 231 g/mol. The molecule has 0 spiro atoms. The number of rotatable bonds is 3. The molecule has 0 aliphatic heterocycles. The largest absolute Gasteiger partial charge is 0.323 e. The minimum Gasteiger partial charge on any atom is -0.323 e. The number of aryl methyl sites for hydroxylation is 1. The average Bonchev–Trinajstić information content (AvgIpc) is 2.62. The lowest BCUT2D eigenvalue weighted by Crippen LogP contribution is -2.31. The number of halogens is 2. The van der Waals surface area contributed by atoms with Crippen LogP contribution in [-0.4, -0.2) is 12.5 Å². The molecule has 1 atom stereocenters. The summed E-state index contributed by atoms with van der Waals surface area (Å²) in [4.78, 5) is 1.39. The van der Waals surface area contributed by atoms with Crippen molar-refractivity contribution in [3.05, 3.63) is 21.4 Å². The third kappa shape index (κ3) is 2.37. The van der Waals surface area contributed by atoms with Crippen LogP contribution in [0, 0.1) is 0 Å². The molecule has 1 aliphatic rings. The van der Waals surface area contributed by atoms with Crippen molar-refractivity contribution >= 4 is 11.3 Å². The first-order chi connectivity index (χ1) is 7.18. The maximum atomic E-state index is 12.3. The van der Waals surface area contributed by atoms with Crippen LogP contribution < -0.4 is 5.73 Å². The van der Waals surface area contributed by atoms with Gasteiger partial charge in [-0.1, -0.05) is 0 Å². The Hall–Kier alpha value is -0.480. The second kappa shape index (κ2) is 4.58. The van der Waals surface area contributed by atoms with Crippen molar-refractivity contribution in [3.8, 4) is 0 Å². The lowest BCUT2D eigenvalue weighted by molar-refractivity contribution is 0.116. The van der Waals surface area contributed by atoms with Gasteiger partial charge in [-0.15, -0.1) is 11.3 Å². The van der Waals surface area contributed by atoms with E-state index in [2.05, 4.69) is 0 Å². The minimum absolute atomic E-state index is 0.323. The predicted octanol–water partition coefficient (Wildman–Crippen LogP) is 2.76. The summed E-state index contributed by atoms with van der Waals surface area (Å²) in [6, 6.07) is -1.01. The quantitative estimate of drug-likeness (QED) is 0.850. The van der Waals surface area contributed by atoms with Crippen LogP contribution in [0.15, 0.2) is 5.38 Å². The summed E-state index contributed by atoms with van der Waals surface area (Å²) in [5, 5.41) is 2.01. The molecule has 0 amide bonds. The first-order valence-electron chi connectivity index (χ1n) is 5.30. The van der Waals surface area contributed by atoms with E-state index in [1.54, 1.807) is 11.3 Å². The second-order valence-electron chi connectivity index (χ2n) is 4.07. The maximum absolute atomic E-state index is 12.3. The van der Waals surface area contributed by atoms with Crippen LogP contribution >= 0.6 is 11.3 Å². The van der Waals surface area contributed by atoms with E-state index in [1.807, 2.05) is 5.38 Å². The van der Waals surface area contributed by atoms with Gasteiger partial charge in [-0.2, -0.15) is 0 Å². The van der Waals surface area contributed by atoms with E-state index in [1.165, 1.54) is 23.3 Å². The Morgan fingerprint density at radius 1 is 1.33 bits per heavy atom. The van der Waals surface area contributed by atoms with E-state index in [0.29, 0.717) is 6.42 Å². The van der Waals surface area contributed by atoms with Crippen molar-refractivity contribution in [1.29, 1.82) is 0 Å². The molecular formula is C11H15F2NS. The molecule has 2 N–H and O–H groups in total. The molecule has 1 aliphatic carbocycles. The number of thiophene rings is 1. The Bertz CT molecular complexity index is 335. The van der Waals surface area contributed by atoms with Gasteiger partial charge < -0.3 is 5.73 Å². The van der Waals surface area contributed by atoms with Gasteiger partial charge in [0, 0.05) is 4.88 Å². The SMILES string of the molecule is NC(Cc1csc2c1CCCC2)C(F)F. The van der Waals surface area contributed by atoms with E-state index in [9.17, 15) is 8.78 Å². The van der Waals surface area contributed by atoms with Crippen molar-refractivity contribution in [2.75, 3.05) is 0 Å². The van der Waals surface area contributed by atoms with Crippen molar-refractivity contribution in [2.24, 2.45) is 5.73 Å². The predicted molar refractivity (Wildman–Crippen MR) is 58.6 cm³/mol. The summed E-state index contributed by atoms with van der Waals surface area (Å²) in [6.07, 6.45) is 2.48. The molecule has 4 heteroatoms. The standard InChI is InChI=1S/C11H15F2NS/c12-11(13)9(14)5-7-6-15-10-4-2-1-3-8(7)10/h6,9,11H,1-5,14H2. The normalized spacial score (nSPS) is 17.9. The fraction of sp³-hybridized carbons (Fsp3) is 0.636. The number of fused-ring (bicyclic) bond motifs is 1. The summed E-state index contributed by atoms with van der Waals surface area (Å²) in [7, 11) is 0. The molecule has 1 nitrogen and oxygen atoms in total. The molecule has 1 unspecified atom stereocenters. The van der Waals surface area contributed by atoms with Crippen molar-refractivity contribution < 1.29 is 8.78 Å². The van der Waals surface area contributed by atoms with Crippen molar-refractivity contribution in [2.45, 2.75) is 44.6 Å². The second-order valence-corrected chi connectivity index (χ2v) is 5.04. The van der Waals surface area contributed by atoms with E-state index < -0.39 is 12.5 Å².